The molecular formula is C12H19FN2. The summed E-state index contributed by atoms with van der Waals surface area (Å²) >= 11 is 0. The van der Waals surface area contributed by atoms with Crippen molar-refractivity contribution in [2.45, 2.75) is 19.9 Å². The Morgan fingerprint density at radius 2 is 2.00 bits per heavy atom. The minimum atomic E-state index is -0.220. The molecule has 0 aliphatic heterocycles. The third kappa shape index (κ3) is 3.61. The molecule has 84 valence electrons. The minimum Gasteiger partial charge on any atom is -0.323 e. The molecule has 0 spiro atoms. The molecule has 0 fully saturated rings. The highest BCUT2D eigenvalue weighted by Gasteiger charge is 2.10. The molecule has 0 radical (unpaired) electrons. The fraction of sp³-hybridized carbons (Fsp3) is 0.500. The fourth-order valence-corrected chi connectivity index (χ4v) is 1.60. The molecule has 1 unspecified atom stereocenters. The van der Waals surface area contributed by atoms with Crippen molar-refractivity contribution in [2.75, 3.05) is 19.6 Å². The quantitative estimate of drug-likeness (QED) is 0.807. The smallest absolute Gasteiger partial charge is 0.123 e. The van der Waals surface area contributed by atoms with Gasteiger partial charge in [0.25, 0.3) is 0 Å². The van der Waals surface area contributed by atoms with Crippen molar-refractivity contribution in [3.63, 3.8) is 0 Å². The van der Waals surface area contributed by atoms with Crippen LogP contribution in [-0.2, 0) is 0 Å². The van der Waals surface area contributed by atoms with Gasteiger partial charge in [0.15, 0.2) is 0 Å². The van der Waals surface area contributed by atoms with Gasteiger partial charge in [-0.15, -0.1) is 0 Å². The van der Waals surface area contributed by atoms with Crippen LogP contribution in [0.2, 0.25) is 0 Å². The molecule has 1 atom stereocenters. The molecular weight excluding hydrogens is 191 g/mol. The van der Waals surface area contributed by atoms with Crippen molar-refractivity contribution in [3.8, 4) is 0 Å². The average molecular weight is 210 g/mol. The average Bonchev–Trinajstić information content (AvgIpc) is 2.25. The lowest BCUT2D eigenvalue weighted by atomic mass is 10.1. The fourth-order valence-electron chi connectivity index (χ4n) is 1.60. The van der Waals surface area contributed by atoms with E-state index in [1.54, 1.807) is 6.07 Å². The van der Waals surface area contributed by atoms with Gasteiger partial charge in [0.05, 0.1) is 0 Å². The summed E-state index contributed by atoms with van der Waals surface area (Å²) in [7, 11) is 0. The first-order valence-electron chi connectivity index (χ1n) is 5.40. The van der Waals surface area contributed by atoms with Crippen LogP contribution >= 0.6 is 0 Å². The number of hydrogen-bond acceptors (Lipinski definition) is 2. The molecule has 2 N–H and O–H groups in total. The predicted molar refractivity (Wildman–Crippen MR) is 61.1 cm³/mol. The Morgan fingerprint density at radius 3 is 2.53 bits per heavy atom. The van der Waals surface area contributed by atoms with Gasteiger partial charge in [-0.1, -0.05) is 26.0 Å². The van der Waals surface area contributed by atoms with Crippen molar-refractivity contribution in [2.24, 2.45) is 5.73 Å². The van der Waals surface area contributed by atoms with Crippen LogP contribution in [0, 0.1) is 5.82 Å². The Kier molecular flexibility index (Phi) is 4.72. The van der Waals surface area contributed by atoms with Crippen LogP contribution in [-0.4, -0.2) is 24.5 Å². The second kappa shape index (κ2) is 5.83. The predicted octanol–water partition coefficient (Wildman–Crippen LogP) is 2.17. The summed E-state index contributed by atoms with van der Waals surface area (Å²) in [5.74, 6) is -0.220. The Labute approximate surface area is 90.9 Å². The summed E-state index contributed by atoms with van der Waals surface area (Å²) in [5, 5.41) is 0. The third-order valence-electron chi connectivity index (χ3n) is 2.63. The zero-order valence-electron chi connectivity index (χ0n) is 9.41. The molecule has 2 nitrogen and oxygen atoms in total. The van der Waals surface area contributed by atoms with Crippen LogP contribution in [0.1, 0.15) is 25.5 Å². The highest BCUT2D eigenvalue weighted by molar-refractivity contribution is 5.20. The maximum atomic E-state index is 13.0. The molecule has 0 amide bonds. The van der Waals surface area contributed by atoms with Crippen molar-refractivity contribution in [1.29, 1.82) is 0 Å². The van der Waals surface area contributed by atoms with E-state index in [2.05, 4.69) is 18.7 Å². The summed E-state index contributed by atoms with van der Waals surface area (Å²) < 4.78 is 13.0. The second-order valence-corrected chi connectivity index (χ2v) is 3.65. The van der Waals surface area contributed by atoms with Crippen molar-refractivity contribution < 1.29 is 4.39 Å². The number of hydrogen-bond donors (Lipinski definition) is 1. The SMILES string of the molecule is CCN(CC)CC(N)c1cccc(F)c1. The van der Waals surface area contributed by atoms with Gasteiger partial charge in [-0.2, -0.15) is 0 Å². The molecule has 0 aliphatic rings. The number of likely N-dealkylation sites (N-methyl/N-ethyl adjacent to an activating group) is 1. The molecule has 1 aromatic carbocycles. The van der Waals surface area contributed by atoms with Gasteiger partial charge in [-0.05, 0) is 30.8 Å². The van der Waals surface area contributed by atoms with E-state index in [1.807, 2.05) is 6.07 Å². The van der Waals surface area contributed by atoms with Crippen molar-refractivity contribution >= 4 is 0 Å². The highest BCUT2D eigenvalue weighted by atomic mass is 19.1. The van der Waals surface area contributed by atoms with E-state index >= 15 is 0 Å². The van der Waals surface area contributed by atoms with E-state index in [-0.39, 0.29) is 11.9 Å². The lowest BCUT2D eigenvalue weighted by Gasteiger charge is -2.22. The van der Waals surface area contributed by atoms with Gasteiger partial charge in [0.1, 0.15) is 5.82 Å². The summed E-state index contributed by atoms with van der Waals surface area (Å²) in [6.45, 7) is 6.92. The largest absolute Gasteiger partial charge is 0.323 e. The Balaban J connectivity index is 2.64. The summed E-state index contributed by atoms with van der Waals surface area (Å²) in [6, 6.07) is 6.41. The van der Waals surface area contributed by atoms with Crippen LogP contribution < -0.4 is 5.73 Å². The van der Waals surface area contributed by atoms with Crippen LogP contribution in [0.3, 0.4) is 0 Å². The summed E-state index contributed by atoms with van der Waals surface area (Å²) in [4.78, 5) is 2.23. The molecule has 0 aromatic heterocycles. The standard InChI is InChI=1S/C12H19FN2/c1-3-15(4-2)9-12(14)10-6-5-7-11(13)8-10/h5-8,12H,3-4,9,14H2,1-2H3. The lowest BCUT2D eigenvalue weighted by molar-refractivity contribution is 0.284. The van der Waals surface area contributed by atoms with Gasteiger partial charge in [0, 0.05) is 12.6 Å². The van der Waals surface area contributed by atoms with E-state index in [0.717, 1.165) is 25.2 Å². The van der Waals surface area contributed by atoms with Crippen LogP contribution in [0.5, 0.6) is 0 Å². The van der Waals surface area contributed by atoms with E-state index in [0.29, 0.717) is 0 Å². The first kappa shape index (κ1) is 12.1. The first-order chi connectivity index (χ1) is 7.17. The Morgan fingerprint density at radius 1 is 1.33 bits per heavy atom. The van der Waals surface area contributed by atoms with E-state index in [4.69, 9.17) is 5.73 Å². The van der Waals surface area contributed by atoms with Crippen molar-refractivity contribution in [3.05, 3.63) is 35.6 Å². The molecule has 1 aromatic rings. The van der Waals surface area contributed by atoms with Crippen LogP contribution in [0.25, 0.3) is 0 Å². The summed E-state index contributed by atoms with van der Waals surface area (Å²) in [6.07, 6.45) is 0. The molecule has 0 bridgehead atoms. The van der Waals surface area contributed by atoms with Crippen molar-refractivity contribution in [1.82, 2.24) is 4.90 Å². The second-order valence-electron chi connectivity index (χ2n) is 3.65. The molecule has 0 saturated carbocycles. The van der Waals surface area contributed by atoms with Gasteiger partial charge in [-0.3, -0.25) is 0 Å². The maximum absolute atomic E-state index is 13.0. The van der Waals surface area contributed by atoms with Gasteiger partial charge < -0.3 is 10.6 Å². The zero-order valence-corrected chi connectivity index (χ0v) is 9.41. The van der Waals surface area contributed by atoms with Gasteiger partial charge in [0.2, 0.25) is 0 Å². The molecule has 1 rings (SSSR count). The third-order valence-corrected chi connectivity index (χ3v) is 2.63. The number of nitrogens with zero attached hydrogens (tertiary/aromatic N) is 1. The zero-order chi connectivity index (χ0) is 11.3. The highest BCUT2D eigenvalue weighted by Crippen LogP contribution is 2.12. The number of rotatable bonds is 5. The molecule has 0 heterocycles. The molecule has 3 heteroatoms. The first-order valence-corrected chi connectivity index (χ1v) is 5.40. The van der Waals surface area contributed by atoms with E-state index < -0.39 is 0 Å². The van der Waals surface area contributed by atoms with E-state index in [1.165, 1.54) is 12.1 Å². The normalized spacial score (nSPS) is 13.1. The number of halogens is 1. The number of nitrogens with two attached hydrogens (primary N) is 1. The number of benzene rings is 1. The molecule has 15 heavy (non-hydrogen) atoms. The van der Waals surface area contributed by atoms with Gasteiger partial charge >= 0.3 is 0 Å². The Bertz CT molecular complexity index is 297. The van der Waals surface area contributed by atoms with Gasteiger partial charge in [-0.25, -0.2) is 4.39 Å². The summed E-state index contributed by atoms with van der Waals surface area (Å²) in [5.41, 5.74) is 6.87. The molecule has 0 saturated heterocycles. The van der Waals surface area contributed by atoms with E-state index in [9.17, 15) is 4.39 Å². The van der Waals surface area contributed by atoms with Crippen LogP contribution in [0.4, 0.5) is 4.39 Å². The molecule has 0 aliphatic carbocycles. The Hall–Kier alpha value is -0.930. The topological polar surface area (TPSA) is 29.3 Å². The lowest BCUT2D eigenvalue weighted by Crippen LogP contribution is -2.31. The van der Waals surface area contributed by atoms with Crippen LogP contribution in [0.15, 0.2) is 24.3 Å². The minimum absolute atomic E-state index is 0.111. The maximum Gasteiger partial charge on any atom is 0.123 e. The monoisotopic (exact) mass is 210 g/mol.